The summed E-state index contributed by atoms with van der Waals surface area (Å²) in [4.78, 5) is 0. The van der Waals surface area contributed by atoms with Gasteiger partial charge in [-0.3, -0.25) is 0 Å². The van der Waals surface area contributed by atoms with Gasteiger partial charge in [-0.15, -0.1) is 0 Å². The molecule has 0 saturated carbocycles. The Hall–Kier alpha value is -7.01. The molecule has 0 spiro atoms. The Bertz CT molecular complexity index is 2550. The summed E-state index contributed by atoms with van der Waals surface area (Å²) in [6.45, 7) is 5.54. The molecule has 0 saturated heterocycles. The fraction of sp³-hybridized carbons (Fsp3) is 0.250. The highest BCUT2D eigenvalue weighted by atomic mass is 35.5. The van der Waals surface area contributed by atoms with Gasteiger partial charge in [0.2, 0.25) is 6.79 Å². The van der Waals surface area contributed by atoms with Crippen molar-refractivity contribution in [2.75, 3.05) is 51.8 Å². The summed E-state index contributed by atoms with van der Waals surface area (Å²) in [5.74, 6) is 1.25. The molecule has 0 unspecified atom stereocenters. The lowest BCUT2D eigenvalue weighted by Gasteiger charge is -1.97. The van der Waals surface area contributed by atoms with E-state index >= 15 is 0 Å². The molecule has 1 aliphatic rings. The van der Waals surface area contributed by atoms with Gasteiger partial charge in [0.05, 0.1) is 0 Å². The third-order valence-electron chi connectivity index (χ3n) is 11.0. The highest BCUT2D eigenvalue weighted by Crippen LogP contribution is 2.32. The zero-order valence-corrected chi connectivity index (χ0v) is 45.8. The molecular formula is C64H84ClF2N9O2. The van der Waals surface area contributed by atoms with Crippen molar-refractivity contribution in [3.63, 3.8) is 0 Å². The van der Waals surface area contributed by atoms with Gasteiger partial charge in [0, 0.05) is 23.8 Å². The second-order valence-electron chi connectivity index (χ2n) is 17.2. The van der Waals surface area contributed by atoms with Crippen molar-refractivity contribution < 1.29 is 18.3 Å². The van der Waals surface area contributed by atoms with E-state index in [2.05, 4.69) is 36.4 Å². The van der Waals surface area contributed by atoms with Crippen molar-refractivity contribution in [3.8, 4) is 11.5 Å². The largest absolute Gasteiger partial charge is 0.454 e. The minimum Gasteiger partial charge on any atom is -0.454 e. The molecule has 9 rings (SSSR count). The van der Waals surface area contributed by atoms with Gasteiger partial charge in [0.1, 0.15) is 11.6 Å². The highest BCUT2D eigenvalue weighted by Gasteiger charge is 2.12. The first-order chi connectivity index (χ1) is 38.0. The van der Waals surface area contributed by atoms with Crippen LogP contribution in [0, 0.1) is 11.6 Å². The van der Waals surface area contributed by atoms with E-state index in [1.165, 1.54) is 46.0 Å². The van der Waals surface area contributed by atoms with E-state index in [-0.39, 0.29) is 11.6 Å². The maximum absolute atomic E-state index is 12.7. The Balaban J connectivity index is 0.000000305. The highest BCUT2D eigenvalue weighted by molar-refractivity contribution is 6.30. The lowest BCUT2D eigenvalue weighted by Crippen LogP contribution is -2.03. The number of benzene rings is 8. The van der Waals surface area contributed by atoms with Gasteiger partial charge in [-0.2, -0.15) is 0 Å². The Labute approximate surface area is 468 Å². The predicted octanol–water partition coefficient (Wildman–Crippen LogP) is 10.0. The van der Waals surface area contributed by atoms with Crippen LogP contribution in [0.4, 0.5) is 14.5 Å². The molecule has 0 aromatic heterocycles. The molecule has 0 aliphatic carbocycles. The quantitative estimate of drug-likeness (QED) is 0.0437. The van der Waals surface area contributed by atoms with E-state index in [1.54, 1.807) is 24.3 Å². The number of nitrogen functional groups attached to an aromatic ring is 1. The van der Waals surface area contributed by atoms with Crippen LogP contribution in [0.1, 0.15) is 50.9 Å². The first-order valence-corrected chi connectivity index (χ1v) is 26.6. The first-order valence-electron chi connectivity index (χ1n) is 26.2. The van der Waals surface area contributed by atoms with Crippen LogP contribution in [-0.2, 0) is 51.6 Å². The summed E-state index contributed by atoms with van der Waals surface area (Å²) in [6.07, 6.45) is 6.48. The number of hydrogen-bond donors (Lipinski definition) is 9. The van der Waals surface area contributed by atoms with E-state index in [0.29, 0.717) is 58.0 Å². The fourth-order valence-electron chi connectivity index (χ4n) is 6.79. The van der Waals surface area contributed by atoms with Crippen LogP contribution in [-0.4, -0.2) is 46.1 Å². The van der Waals surface area contributed by atoms with Gasteiger partial charge < -0.3 is 61.1 Å². The molecule has 1 aliphatic heterocycles. The van der Waals surface area contributed by atoms with E-state index in [1.807, 2.05) is 127 Å². The van der Waals surface area contributed by atoms with Gasteiger partial charge >= 0.3 is 0 Å². The van der Waals surface area contributed by atoms with Crippen LogP contribution in [0.25, 0.3) is 0 Å². The molecule has 418 valence electrons. The molecule has 0 atom stereocenters. The summed E-state index contributed by atoms with van der Waals surface area (Å²) in [5.41, 5.74) is 58.4. The van der Waals surface area contributed by atoms with Gasteiger partial charge in [-0.25, -0.2) is 8.78 Å². The minimum atomic E-state index is -0.194. The topological polar surface area (TPSA) is 253 Å². The lowest BCUT2D eigenvalue weighted by molar-refractivity contribution is 0.174. The van der Waals surface area contributed by atoms with Crippen molar-refractivity contribution in [3.05, 3.63) is 267 Å². The average molecular weight is 1080 g/mol. The van der Waals surface area contributed by atoms with E-state index in [4.69, 9.17) is 72.7 Å². The summed E-state index contributed by atoms with van der Waals surface area (Å²) >= 11 is 5.68. The Morgan fingerprint density at radius 2 is 0.744 bits per heavy atom. The van der Waals surface area contributed by atoms with E-state index < -0.39 is 0 Å². The third-order valence-corrected chi connectivity index (χ3v) is 11.3. The monoisotopic (exact) mass is 1080 g/mol. The number of nitrogens with two attached hydrogens (primary N) is 9. The van der Waals surface area contributed by atoms with Crippen LogP contribution in [0.2, 0.25) is 5.02 Å². The lowest BCUT2D eigenvalue weighted by atomic mass is 10.1. The molecule has 8 aromatic rings. The van der Waals surface area contributed by atoms with Crippen molar-refractivity contribution in [1.29, 1.82) is 0 Å². The number of hydrogen-bond acceptors (Lipinski definition) is 11. The molecule has 78 heavy (non-hydrogen) atoms. The van der Waals surface area contributed by atoms with Crippen LogP contribution in [0.3, 0.4) is 0 Å². The number of rotatable bonds is 15. The van der Waals surface area contributed by atoms with Crippen molar-refractivity contribution in [2.24, 2.45) is 45.9 Å². The smallest absolute Gasteiger partial charge is 0.231 e. The maximum atomic E-state index is 12.7. The SMILES string of the molecule is NCCCc1ccccc1.NCCc1ccc(Cl)cc1.NCCc1ccc(F)cc1.NCCc1ccc(N)cc1.NCCc1ccccc1.NCCc1ccccc1F.NCc1ccc2c(c1)OCO2.NCc1ccccc1. The summed E-state index contributed by atoms with van der Waals surface area (Å²) in [6, 6.07) is 65.0. The summed E-state index contributed by atoms with van der Waals surface area (Å²) < 4.78 is 35.3. The maximum Gasteiger partial charge on any atom is 0.231 e. The molecule has 18 N–H and O–H groups in total. The van der Waals surface area contributed by atoms with Crippen molar-refractivity contribution in [1.82, 2.24) is 0 Å². The molecule has 11 nitrogen and oxygen atoms in total. The fourth-order valence-corrected chi connectivity index (χ4v) is 6.91. The Morgan fingerprint density at radius 3 is 1.18 bits per heavy atom. The molecular weight excluding hydrogens is 1000 g/mol. The second-order valence-corrected chi connectivity index (χ2v) is 17.7. The van der Waals surface area contributed by atoms with E-state index in [9.17, 15) is 8.78 Å². The van der Waals surface area contributed by atoms with Crippen molar-refractivity contribution in [2.45, 2.75) is 58.0 Å². The summed E-state index contributed by atoms with van der Waals surface area (Å²) in [7, 11) is 0. The molecule has 14 heteroatoms. The average Bonchev–Trinajstić information content (AvgIpc) is 3.96. The molecule has 8 aromatic carbocycles. The van der Waals surface area contributed by atoms with Crippen LogP contribution >= 0.6 is 11.6 Å². The van der Waals surface area contributed by atoms with Crippen LogP contribution < -0.4 is 61.1 Å². The van der Waals surface area contributed by atoms with Crippen molar-refractivity contribution >= 4 is 17.3 Å². The van der Waals surface area contributed by atoms with Gasteiger partial charge in [0.15, 0.2) is 11.5 Å². The Morgan fingerprint density at radius 1 is 0.359 bits per heavy atom. The molecule has 0 fully saturated rings. The number of aryl methyl sites for hydroxylation is 1. The summed E-state index contributed by atoms with van der Waals surface area (Å²) in [5, 5.41) is 0.778. The normalized spacial score (nSPS) is 10.2. The molecule has 0 bridgehead atoms. The zero-order chi connectivity index (χ0) is 56.9. The van der Waals surface area contributed by atoms with Gasteiger partial charge in [-0.1, -0.05) is 163 Å². The van der Waals surface area contributed by atoms with Crippen LogP contribution in [0.15, 0.2) is 206 Å². The first kappa shape index (κ1) is 67.1. The van der Waals surface area contributed by atoms with Crippen LogP contribution in [0.5, 0.6) is 11.5 Å². The number of fused-ring (bicyclic) bond motifs is 1. The number of ether oxygens (including phenoxy) is 2. The van der Waals surface area contributed by atoms with Gasteiger partial charge in [0.25, 0.3) is 0 Å². The number of halogens is 3. The third kappa shape index (κ3) is 31.9. The molecule has 1 heterocycles. The molecule has 0 amide bonds. The predicted molar refractivity (Wildman–Crippen MR) is 324 cm³/mol. The second kappa shape index (κ2) is 44.0. The van der Waals surface area contributed by atoms with Gasteiger partial charge in [-0.05, 0) is 183 Å². The minimum absolute atomic E-state index is 0.159. The molecule has 0 radical (unpaired) electrons. The standard InChI is InChI=1S/C9H13N.C8H10ClN.2C8H10FN.C8H12N2.C8H9NO2.C8H11N.C7H9N/c10-8-4-7-9-5-2-1-3-6-9;2*9-8-3-1-7(2-4-8)5-6-10;9-8-4-2-1-3-7(8)5-6-10;9-6-5-7-1-3-8(10)4-2-7;9-4-6-1-2-7-8(3-6)11-5-10-7;9-7-6-8-4-2-1-3-5-8;8-6-7-4-2-1-3-5-7/h1-3,5-6H,4,7-8,10H2;3*1-4H,5-6,10H2;1-4H,5-6,9-10H2;1-3H,4-5,9H2;1-5H,6-7,9H2;1-5H,6,8H2. The van der Waals surface area contributed by atoms with E-state index in [0.717, 1.165) is 85.0 Å². The Kier molecular flexibility index (Phi) is 37.9. The zero-order valence-electron chi connectivity index (χ0n) is 45.1. The number of anilines is 1.